The van der Waals surface area contributed by atoms with Gasteiger partial charge in [-0.15, -0.1) is 0 Å². The highest BCUT2D eigenvalue weighted by atomic mass is 19.4. The highest BCUT2D eigenvalue weighted by Gasteiger charge is 2.34. The Kier molecular flexibility index (Phi) is 6.11. The minimum Gasteiger partial charge on any atom is -0.444 e. The van der Waals surface area contributed by atoms with Gasteiger partial charge in [0.1, 0.15) is 5.60 Å². The first-order valence-corrected chi connectivity index (χ1v) is 5.70. The van der Waals surface area contributed by atoms with Gasteiger partial charge in [-0.25, -0.2) is 4.79 Å². The number of hydrogen-bond donors (Lipinski definition) is 2. The van der Waals surface area contributed by atoms with Crippen LogP contribution in [-0.2, 0) is 9.53 Å². The second kappa shape index (κ2) is 6.63. The van der Waals surface area contributed by atoms with Gasteiger partial charge in [-0.1, -0.05) is 0 Å². The molecule has 0 aromatic heterocycles. The number of alkyl carbamates (subject to hydrolysis) is 1. The topological polar surface area (TPSA) is 67.4 Å². The molecule has 1 unspecified atom stereocenters. The standard InChI is InChI=1S/C11H19F3N2O3/c1-10(2,3)19-9(18)16-7(5-8(17)15-4)6-11(12,13)14/h7H,5-6H2,1-4H3,(H,15,17)(H,16,18). The van der Waals surface area contributed by atoms with Gasteiger partial charge in [0.05, 0.1) is 6.42 Å². The first-order valence-electron chi connectivity index (χ1n) is 5.70. The average Bonchev–Trinajstić information content (AvgIpc) is 2.10. The Hall–Kier alpha value is -1.47. The van der Waals surface area contributed by atoms with E-state index in [1.54, 1.807) is 20.8 Å². The van der Waals surface area contributed by atoms with Crippen LogP contribution in [0.5, 0.6) is 0 Å². The number of hydrogen-bond acceptors (Lipinski definition) is 3. The van der Waals surface area contributed by atoms with Crippen LogP contribution in [0.3, 0.4) is 0 Å². The number of carbonyl (C=O) groups is 2. The summed E-state index contributed by atoms with van der Waals surface area (Å²) in [5, 5.41) is 4.26. The van der Waals surface area contributed by atoms with Crippen LogP contribution in [-0.4, -0.2) is 36.9 Å². The van der Waals surface area contributed by atoms with E-state index in [2.05, 4.69) is 10.6 Å². The Morgan fingerprint density at radius 2 is 1.74 bits per heavy atom. The summed E-state index contributed by atoms with van der Waals surface area (Å²) >= 11 is 0. The first-order chi connectivity index (χ1) is 8.43. The molecule has 0 radical (unpaired) electrons. The minimum absolute atomic E-state index is 0.463. The summed E-state index contributed by atoms with van der Waals surface area (Å²) in [6.07, 6.45) is -7.21. The molecule has 19 heavy (non-hydrogen) atoms. The molecule has 0 aliphatic heterocycles. The fourth-order valence-electron chi connectivity index (χ4n) is 1.25. The Bertz CT molecular complexity index is 324. The molecule has 0 spiro atoms. The van der Waals surface area contributed by atoms with Crippen molar-refractivity contribution < 1.29 is 27.5 Å². The van der Waals surface area contributed by atoms with Gasteiger partial charge in [0.2, 0.25) is 5.91 Å². The molecule has 0 aromatic carbocycles. The summed E-state index contributed by atoms with van der Waals surface area (Å²) in [6, 6.07) is -1.35. The smallest absolute Gasteiger partial charge is 0.407 e. The molecule has 112 valence electrons. The Morgan fingerprint density at radius 1 is 1.21 bits per heavy atom. The fraction of sp³-hybridized carbons (Fsp3) is 0.818. The van der Waals surface area contributed by atoms with Gasteiger partial charge < -0.3 is 15.4 Å². The molecule has 0 heterocycles. The molecule has 0 saturated heterocycles. The highest BCUT2D eigenvalue weighted by Crippen LogP contribution is 2.23. The van der Waals surface area contributed by atoms with Gasteiger partial charge in [-0.3, -0.25) is 4.79 Å². The fourth-order valence-corrected chi connectivity index (χ4v) is 1.25. The molecular weight excluding hydrogens is 265 g/mol. The maximum Gasteiger partial charge on any atom is 0.407 e. The Morgan fingerprint density at radius 3 is 2.11 bits per heavy atom. The van der Waals surface area contributed by atoms with Crippen molar-refractivity contribution >= 4 is 12.0 Å². The first kappa shape index (κ1) is 17.5. The molecule has 8 heteroatoms. The van der Waals surface area contributed by atoms with Crippen LogP contribution < -0.4 is 10.6 Å². The summed E-state index contributed by atoms with van der Waals surface area (Å²) in [5.74, 6) is -0.592. The van der Waals surface area contributed by atoms with Crippen molar-refractivity contribution in [1.29, 1.82) is 0 Å². The van der Waals surface area contributed by atoms with E-state index in [-0.39, 0.29) is 0 Å². The third kappa shape index (κ3) is 10.2. The van der Waals surface area contributed by atoms with E-state index in [4.69, 9.17) is 4.74 Å². The molecule has 0 aliphatic rings. The normalized spacial score (nSPS) is 13.6. The van der Waals surface area contributed by atoms with E-state index in [0.717, 1.165) is 0 Å². The van der Waals surface area contributed by atoms with Gasteiger partial charge in [0, 0.05) is 19.5 Å². The monoisotopic (exact) mass is 284 g/mol. The number of ether oxygens (including phenoxy) is 1. The van der Waals surface area contributed by atoms with Crippen molar-refractivity contribution in [1.82, 2.24) is 10.6 Å². The molecule has 0 saturated carbocycles. The molecule has 0 fully saturated rings. The van der Waals surface area contributed by atoms with Crippen LogP contribution >= 0.6 is 0 Å². The molecular formula is C11H19F3N2O3. The van der Waals surface area contributed by atoms with Crippen molar-refractivity contribution in [2.24, 2.45) is 0 Å². The van der Waals surface area contributed by atoms with E-state index < -0.39 is 42.7 Å². The summed E-state index contributed by atoms with van der Waals surface area (Å²) in [7, 11) is 1.31. The summed E-state index contributed by atoms with van der Waals surface area (Å²) in [6.45, 7) is 4.76. The number of amides is 2. The molecule has 2 N–H and O–H groups in total. The van der Waals surface area contributed by atoms with Gasteiger partial charge >= 0.3 is 12.3 Å². The SMILES string of the molecule is CNC(=O)CC(CC(F)(F)F)NC(=O)OC(C)(C)C. The largest absolute Gasteiger partial charge is 0.444 e. The lowest BCUT2D eigenvalue weighted by Crippen LogP contribution is -2.43. The van der Waals surface area contributed by atoms with Crippen molar-refractivity contribution in [2.75, 3.05) is 7.05 Å². The minimum atomic E-state index is -4.48. The van der Waals surface area contributed by atoms with Crippen LogP contribution in [0.25, 0.3) is 0 Å². The molecule has 0 bridgehead atoms. The third-order valence-electron chi connectivity index (χ3n) is 1.91. The third-order valence-corrected chi connectivity index (χ3v) is 1.91. The lowest BCUT2D eigenvalue weighted by Gasteiger charge is -2.24. The Labute approximate surface area is 109 Å². The zero-order chi connectivity index (χ0) is 15.3. The van der Waals surface area contributed by atoms with Crippen LogP contribution in [0.2, 0.25) is 0 Å². The highest BCUT2D eigenvalue weighted by molar-refractivity contribution is 5.77. The van der Waals surface area contributed by atoms with Gasteiger partial charge in [0.25, 0.3) is 0 Å². The molecule has 0 rings (SSSR count). The van der Waals surface area contributed by atoms with E-state index in [1.165, 1.54) is 7.05 Å². The van der Waals surface area contributed by atoms with Crippen molar-refractivity contribution in [3.8, 4) is 0 Å². The number of halogens is 3. The quantitative estimate of drug-likeness (QED) is 0.829. The molecule has 5 nitrogen and oxygen atoms in total. The second-order valence-electron chi connectivity index (χ2n) is 5.04. The maximum atomic E-state index is 12.3. The van der Waals surface area contributed by atoms with E-state index in [0.29, 0.717) is 0 Å². The zero-order valence-electron chi connectivity index (χ0n) is 11.4. The number of alkyl halides is 3. The van der Waals surface area contributed by atoms with Crippen LogP contribution in [0.4, 0.5) is 18.0 Å². The lowest BCUT2D eigenvalue weighted by atomic mass is 10.1. The number of carbonyl (C=O) groups excluding carboxylic acids is 2. The summed E-state index contributed by atoms with van der Waals surface area (Å²) in [4.78, 5) is 22.5. The predicted molar refractivity (Wildman–Crippen MR) is 62.5 cm³/mol. The van der Waals surface area contributed by atoms with Gasteiger partial charge in [-0.05, 0) is 20.8 Å². The van der Waals surface area contributed by atoms with E-state index in [1.807, 2.05) is 0 Å². The molecule has 2 amide bonds. The summed E-state index contributed by atoms with van der Waals surface area (Å²) in [5.41, 5.74) is -0.820. The van der Waals surface area contributed by atoms with Crippen LogP contribution in [0.15, 0.2) is 0 Å². The molecule has 0 aromatic rings. The molecule has 1 atom stereocenters. The maximum absolute atomic E-state index is 12.3. The number of rotatable bonds is 4. The second-order valence-corrected chi connectivity index (χ2v) is 5.04. The predicted octanol–water partition coefficient (Wildman–Crippen LogP) is 1.97. The van der Waals surface area contributed by atoms with Crippen LogP contribution in [0.1, 0.15) is 33.6 Å². The van der Waals surface area contributed by atoms with Crippen molar-refractivity contribution in [2.45, 2.75) is 51.4 Å². The lowest BCUT2D eigenvalue weighted by molar-refractivity contribution is -0.141. The average molecular weight is 284 g/mol. The van der Waals surface area contributed by atoms with Gasteiger partial charge in [-0.2, -0.15) is 13.2 Å². The zero-order valence-corrected chi connectivity index (χ0v) is 11.4. The van der Waals surface area contributed by atoms with E-state index in [9.17, 15) is 22.8 Å². The Balaban J connectivity index is 4.58. The van der Waals surface area contributed by atoms with Crippen LogP contribution in [0, 0.1) is 0 Å². The van der Waals surface area contributed by atoms with E-state index >= 15 is 0 Å². The van der Waals surface area contributed by atoms with Crippen molar-refractivity contribution in [3.63, 3.8) is 0 Å². The number of nitrogens with one attached hydrogen (secondary N) is 2. The van der Waals surface area contributed by atoms with Gasteiger partial charge in [0.15, 0.2) is 0 Å². The van der Waals surface area contributed by atoms with Crippen molar-refractivity contribution in [3.05, 3.63) is 0 Å². The molecule has 0 aliphatic carbocycles. The summed E-state index contributed by atoms with van der Waals surface area (Å²) < 4.78 is 41.8.